The fourth-order valence-electron chi connectivity index (χ4n) is 1.42. The van der Waals surface area contributed by atoms with E-state index in [2.05, 4.69) is 21.2 Å². The number of alkyl halides is 3. The van der Waals surface area contributed by atoms with Crippen molar-refractivity contribution in [3.63, 3.8) is 0 Å². The number of rotatable bonds is 3. The van der Waals surface area contributed by atoms with E-state index < -0.39 is 24.5 Å². The van der Waals surface area contributed by atoms with Gasteiger partial charge >= 0.3 is 6.18 Å². The van der Waals surface area contributed by atoms with Crippen molar-refractivity contribution in [1.82, 2.24) is 5.32 Å². The summed E-state index contributed by atoms with van der Waals surface area (Å²) in [5.41, 5.74) is 6.10. The molecule has 0 saturated heterocycles. The van der Waals surface area contributed by atoms with Crippen LogP contribution in [0.2, 0.25) is 0 Å². The van der Waals surface area contributed by atoms with Crippen LogP contribution in [0.25, 0.3) is 0 Å². The third-order valence-corrected chi connectivity index (χ3v) is 2.84. The summed E-state index contributed by atoms with van der Waals surface area (Å²) in [5, 5.41) is 2.28. The molecule has 7 heteroatoms. The van der Waals surface area contributed by atoms with E-state index in [1.807, 2.05) is 0 Å². The molecule has 0 spiro atoms. The van der Waals surface area contributed by atoms with Gasteiger partial charge in [-0.15, -0.1) is 0 Å². The van der Waals surface area contributed by atoms with E-state index in [1.54, 1.807) is 12.1 Å². The van der Waals surface area contributed by atoms with E-state index in [0.29, 0.717) is 10.2 Å². The Hall–Kier alpha value is -1.24. The zero-order valence-electron chi connectivity index (χ0n) is 9.51. The second-order valence-corrected chi connectivity index (χ2v) is 4.79. The number of carbonyl (C=O) groups is 1. The highest BCUT2D eigenvalue weighted by Crippen LogP contribution is 2.23. The van der Waals surface area contributed by atoms with Crippen LogP contribution in [0.4, 0.5) is 18.9 Å². The minimum atomic E-state index is -4.31. The fraction of sp³-hybridized carbons (Fsp3) is 0.364. The van der Waals surface area contributed by atoms with E-state index >= 15 is 0 Å². The molecular weight excluding hydrogens is 313 g/mol. The average Bonchev–Trinajstić information content (AvgIpc) is 2.18. The Labute approximate surface area is 111 Å². The van der Waals surface area contributed by atoms with Crippen molar-refractivity contribution in [1.29, 1.82) is 0 Å². The number of benzene rings is 1. The summed E-state index contributed by atoms with van der Waals surface area (Å²) in [5.74, 6) is -0.592. The number of hydrogen-bond donors (Lipinski definition) is 2. The Bertz CT molecular complexity index is 448. The zero-order valence-corrected chi connectivity index (χ0v) is 11.1. The van der Waals surface area contributed by atoms with E-state index in [-0.39, 0.29) is 5.56 Å². The number of halogens is 4. The van der Waals surface area contributed by atoms with Gasteiger partial charge in [0.2, 0.25) is 0 Å². The molecule has 100 valence electrons. The van der Waals surface area contributed by atoms with Crippen molar-refractivity contribution in [3.8, 4) is 0 Å². The molecule has 0 radical (unpaired) electrons. The number of amides is 1. The normalized spacial score (nSPS) is 13.2. The van der Waals surface area contributed by atoms with Crippen LogP contribution in [0.15, 0.2) is 22.7 Å². The predicted octanol–water partition coefficient (Wildman–Crippen LogP) is 3.10. The Morgan fingerprint density at radius 3 is 2.67 bits per heavy atom. The number of nitrogens with one attached hydrogen (secondary N) is 1. The first-order valence-corrected chi connectivity index (χ1v) is 5.91. The third kappa shape index (κ3) is 4.56. The Balaban J connectivity index is 2.74. The van der Waals surface area contributed by atoms with Crippen LogP contribution in [0.3, 0.4) is 0 Å². The van der Waals surface area contributed by atoms with Gasteiger partial charge in [-0.2, -0.15) is 13.2 Å². The van der Waals surface area contributed by atoms with Gasteiger partial charge in [0.15, 0.2) is 0 Å². The first-order chi connectivity index (χ1) is 8.19. The van der Waals surface area contributed by atoms with Crippen LogP contribution in [0.1, 0.15) is 23.7 Å². The minimum absolute atomic E-state index is 0.212. The van der Waals surface area contributed by atoms with Gasteiger partial charge in [0.05, 0.1) is 12.0 Å². The maximum atomic E-state index is 12.1. The topological polar surface area (TPSA) is 55.1 Å². The Kier molecular flexibility index (Phi) is 4.61. The second-order valence-electron chi connectivity index (χ2n) is 3.93. The van der Waals surface area contributed by atoms with E-state index in [4.69, 9.17) is 5.73 Å². The van der Waals surface area contributed by atoms with Crippen molar-refractivity contribution in [2.45, 2.75) is 25.6 Å². The number of anilines is 1. The van der Waals surface area contributed by atoms with Gasteiger partial charge in [0.25, 0.3) is 5.91 Å². The highest BCUT2D eigenvalue weighted by molar-refractivity contribution is 9.10. The number of nitrogen functional groups attached to an aromatic ring is 1. The molecule has 0 saturated carbocycles. The predicted molar refractivity (Wildman–Crippen MR) is 66.2 cm³/mol. The standard InChI is InChI=1S/C11H12BrF3N2O/c1-6(5-11(13,14)15)17-10(18)8-4-7(16)2-3-9(8)12/h2-4,6H,5,16H2,1H3,(H,17,18). The van der Waals surface area contributed by atoms with Gasteiger partial charge in [-0.1, -0.05) is 0 Å². The molecule has 3 nitrogen and oxygen atoms in total. The molecule has 0 bridgehead atoms. The molecule has 1 atom stereocenters. The first-order valence-electron chi connectivity index (χ1n) is 5.11. The molecule has 1 unspecified atom stereocenters. The van der Waals surface area contributed by atoms with Crippen LogP contribution in [-0.4, -0.2) is 18.1 Å². The van der Waals surface area contributed by atoms with Crippen molar-refractivity contribution < 1.29 is 18.0 Å². The SMILES string of the molecule is CC(CC(F)(F)F)NC(=O)c1cc(N)ccc1Br. The maximum Gasteiger partial charge on any atom is 0.391 e. The Morgan fingerprint density at radius 1 is 1.50 bits per heavy atom. The van der Waals surface area contributed by atoms with E-state index in [9.17, 15) is 18.0 Å². The monoisotopic (exact) mass is 324 g/mol. The van der Waals surface area contributed by atoms with Gasteiger partial charge in [-0.05, 0) is 41.1 Å². The molecule has 3 N–H and O–H groups in total. The average molecular weight is 325 g/mol. The number of hydrogen-bond acceptors (Lipinski definition) is 2. The molecule has 18 heavy (non-hydrogen) atoms. The summed E-state index contributed by atoms with van der Waals surface area (Å²) in [6.45, 7) is 1.30. The largest absolute Gasteiger partial charge is 0.399 e. The van der Waals surface area contributed by atoms with Crippen molar-refractivity contribution in [2.24, 2.45) is 0 Å². The van der Waals surface area contributed by atoms with Crippen LogP contribution in [-0.2, 0) is 0 Å². The molecule has 0 aromatic heterocycles. The minimum Gasteiger partial charge on any atom is -0.399 e. The summed E-state index contributed by atoms with van der Waals surface area (Å²) in [4.78, 5) is 11.7. The third-order valence-electron chi connectivity index (χ3n) is 2.15. The highest BCUT2D eigenvalue weighted by Gasteiger charge is 2.30. The van der Waals surface area contributed by atoms with Crippen LogP contribution < -0.4 is 11.1 Å². The van der Waals surface area contributed by atoms with Gasteiger partial charge in [0.1, 0.15) is 0 Å². The van der Waals surface area contributed by atoms with Gasteiger partial charge in [0, 0.05) is 16.2 Å². The molecule has 1 aromatic carbocycles. The fourth-order valence-corrected chi connectivity index (χ4v) is 1.84. The molecule has 0 heterocycles. The Morgan fingerprint density at radius 2 is 2.11 bits per heavy atom. The van der Waals surface area contributed by atoms with Crippen molar-refractivity contribution in [2.75, 3.05) is 5.73 Å². The summed E-state index contributed by atoms with van der Waals surface area (Å²) in [7, 11) is 0. The lowest BCUT2D eigenvalue weighted by Gasteiger charge is -2.16. The summed E-state index contributed by atoms with van der Waals surface area (Å²) in [6, 6.07) is 3.56. The molecule has 0 aliphatic carbocycles. The van der Waals surface area contributed by atoms with Crippen molar-refractivity contribution >= 4 is 27.5 Å². The van der Waals surface area contributed by atoms with Crippen LogP contribution >= 0.6 is 15.9 Å². The molecule has 1 amide bonds. The molecule has 1 rings (SSSR count). The molecule has 1 aromatic rings. The lowest BCUT2D eigenvalue weighted by Crippen LogP contribution is -2.36. The maximum absolute atomic E-state index is 12.1. The number of nitrogens with two attached hydrogens (primary N) is 1. The molecule has 0 aliphatic heterocycles. The lowest BCUT2D eigenvalue weighted by atomic mass is 10.1. The van der Waals surface area contributed by atoms with Gasteiger partial charge in [-0.25, -0.2) is 0 Å². The molecule has 0 fully saturated rings. The van der Waals surface area contributed by atoms with Crippen LogP contribution in [0.5, 0.6) is 0 Å². The first kappa shape index (κ1) is 14.8. The quantitative estimate of drug-likeness (QED) is 0.839. The smallest absolute Gasteiger partial charge is 0.391 e. The summed E-state index contributed by atoms with van der Waals surface area (Å²) < 4.78 is 36.8. The van der Waals surface area contributed by atoms with E-state index in [1.165, 1.54) is 13.0 Å². The van der Waals surface area contributed by atoms with Gasteiger partial charge in [-0.3, -0.25) is 4.79 Å². The number of carbonyl (C=O) groups excluding carboxylic acids is 1. The highest BCUT2D eigenvalue weighted by atomic mass is 79.9. The van der Waals surface area contributed by atoms with Gasteiger partial charge < -0.3 is 11.1 Å². The summed E-state index contributed by atoms with van der Waals surface area (Å²) in [6.07, 6.45) is -5.38. The zero-order chi connectivity index (χ0) is 13.9. The lowest BCUT2D eigenvalue weighted by molar-refractivity contribution is -0.138. The van der Waals surface area contributed by atoms with Crippen LogP contribution in [0, 0.1) is 0 Å². The molecule has 0 aliphatic rings. The summed E-state index contributed by atoms with van der Waals surface area (Å²) >= 11 is 3.14. The van der Waals surface area contributed by atoms with Crippen molar-refractivity contribution in [3.05, 3.63) is 28.2 Å². The second kappa shape index (κ2) is 5.60. The molecular formula is C11H12BrF3N2O. The van der Waals surface area contributed by atoms with E-state index in [0.717, 1.165) is 0 Å².